The Morgan fingerprint density at radius 2 is 2.28 bits per heavy atom. The minimum atomic E-state index is -0.194. The lowest BCUT2D eigenvalue weighted by molar-refractivity contribution is -0.130. The Balaban J connectivity index is 1.92. The summed E-state index contributed by atoms with van der Waals surface area (Å²) in [6.07, 6.45) is 0.763. The van der Waals surface area contributed by atoms with Gasteiger partial charge in [0.1, 0.15) is 5.71 Å². The molecule has 2 heterocycles. The van der Waals surface area contributed by atoms with Crippen molar-refractivity contribution < 1.29 is 9.59 Å². The molecule has 0 aromatic carbocycles. The lowest BCUT2D eigenvalue weighted by Crippen LogP contribution is -2.37. The van der Waals surface area contributed by atoms with Gasteiger partial charge in [0, 0.05) is 29.6 Å². The fraction of sp³-hybridized carbons (Fsp3) is 0.417. The maximum atomic E-state index is 11.9. The highest BCUT2D eigenvalue weighted by atomic mass is 32.1. The van der Waals surface area contributed by atoms with E-state index >= 15 is 0 Å². The lowest BCUT2D eigenvalue weighted by atomic mass is 10.1. The first-order valence-electron chi connectivity index (χ1n) is 5.74. The number of carbonyl (C=O) groups is 2. The second kappa shape index (κ2) is 5.30. The van der Waals surface area contributed by atoms with Crippen LogP contribution in [-0.4, -0.2) is 29.6 Å². The molecule has 2 amide bonds. The predicted octanol–water partition coefficient (Wildman–Crippen LogP) is 1.28. The summed E-state index contributed by atoms with van der Waals surface area (Å²) < 4.78 is 0. The number of hydrazone groups is 1. The summed E-state index contributed by atoms with van der Waals surface area (Å²) in [4.78, 5) is 25.4. The quantitative estimate of drug-likeness (QED) is 0.895. The molecule has 0 saturated heterocycles. The molecule has 1 aliphatic heterocycles. The Morgan fingerprint density at radius 1 is 1.50 bits per heavy atom. The Morgan fingerprint density at radius 3 is 2.89 bits per heavy atom. The van der Waals surface area contributed by atoms with E-state index in [0.717, 1.165) is 4.88 Å². The first kappa shape index (κ1) is 12.8. The number of nitrogens with zero attached hydrogens (tertiary/aromatic N) is 2. The predicted molar refractivity (Wildman–Crippen MR) is 70.3 cm³/mol. The number of hydrogen-bond acceptors (Lipinski definition) is 4. The van der Waals surface area contributed by atoms with E-state index in [1.165, 1.54) is 9.89 Å². The van der Waals surface area contributed by atoms with E-state index < -0.39 is 0 Å². The number of nitrogens with one attached hydrogen (secondary N) is 1. The molecule has 1 N–H and O–H groups in total. The minimum Gasteiger partial charge on any atom is -0.346 e. The number of aryl methyl sites for hydroxylation is 1. The number of carbonyl (C=O) groups excluding carboxylic acids is 2. The van der Waals surface area contributed by atoms with E-state index in [9.17, 15) is 9.59 Å². The molecular formula is C12H15N3O2S. The fourth-order valence-electron chi connectivity index (χ4n) is 1.68. The highest BCUT2D eigenvalue weighted by molar-refractivity contribution is 7.11. The Kier molecular flexibility index (Phi) is 3.76. The molecule has 0 spiro atoms. The van der Waals surface area contributed by atoms with E-state index in [4.69, 9.17) is 0 Å². The molecule has 6 heteroatoms. The fourth-order valence-corrected chi connectivity index (χ4v) is 2.51. The second-order valence-corrected chi connectivity index (χ2v) is 5.53. The monoisotopic (exact) mass is 265 g/mol. The Labute approximate surface area is 109 Å². The van der Waals surface area contributed by atoms with Crippen LogP contribution in [0.5, 0.6) is 0 Å². The van der Waals surface area contributed by atoms with Gasteiger partial charge in [-0.1, -0.05) is 0 Å². The van der Waals surface area contributed by atoms with Crippen LogP contribution in [0.3, 0.4) is 0 Å². The van der Waals surface area contributed by atoms with Gasteiger partial charge in [0.15, 0.2) is 0 Å². The molecule has 0 bridgehead atoms. The molecular weight excluding hydrogens is 250 g/mol. The van der Waals surface area contributed by atoms with Crippen molar-refractivity contribution in [3.63, 3.8) is 0 Å². The molecule has 0 fully saturated rings. The van der Waals surface area contributed by atoms with Gasteiger partial charge < -0.3 is 5.32 Å². The number of thiophene rings is 1. The molecule has 0 atom stereocenters. The molecule has 1 aromatic rings. The van der Waals surface area contributed by atoms with E-state index in [0.29, 0.717) is 25.1 Å². The van der Waals surface area contributed by atoms with Gasteiger partial charge in [-0.2, -0.15) is 5.10 Å². The topological polar surface area (TPSA) is 61.8 Å². The van der Waals surface area contributed by atoms with Crippen LogP contribution >= 0.6 is 11.3 Å². The minimum absolute atomic E-state index is 0.0552. The summed E-state index contributed by atoms with van der Waals surface area (Å²) in [6, 6.07) is 4.02. The van der Waals surface area contributed by atoms with Crippen molar-refractivity contribution in [1.82, 2.24) is 10.3 Å². The smallest absolute Gasteiger partial charge is 0.267 e. The number of rotatable bonds is 3. The van der Waals surface area contributed by atoms with Crippen molar-refractivity contribution in [1.29, 1.82) is 0 Å². The molecule has 0 saturated carbocycles. The first-order chi connectivity index (χ1) is 8.56. The standard InChI is InChI=1S/C12H15N3O2S/c1-8-3-4-9(18-8)7-13-12(17)10-5-6-11(16)15(2)14-10/h3-4H,5-7H2,1-2H3,(H,13,17). The van der Waals surface area contributed by atoms with E-state index in [1.807, 2.05) is 19.1 Å². The van der Waals surface area contributed by atoms with Crippen molar-refractivity contribution in [3.05, 3.63) is 21.9 Å². The van der Waals surface area contributed by atoms with Crippen LogP contribution in [0.1, 0.15) is 22.6 Å². The molecule has 1 aromatic heterocycles. The lowest BCUT2D eigenvalue weighted by Gasteiger charge is -2.18. The summed E-state index contributed by atoms with van der Waals surface area (Å²) in [5.74, 6) is -0.249. The number of amides is 2. The van der Waals surface area contributed by atoms with Crippen LogP contribution in [-0.2, 0) is 16.1 Å². The average Bonchev–Trinajstić information content (AvgIpc) is 2.75. The first-order valence-corrected chi connectivity index (χ1v) is 6.55. The third-order valence-corrected chi connectivity index (χ3v) is 3.69. The summed E-state index contributed by atoms with van der Waals surface area (Å²) in [6.45, 7) is 2.54. The van der Waals surface area contributed by atoms with Crippen LogP contribution in [0, 0.1) is 6.92 Å². The van der Waals surface area contributed by atoms with E-state index in [-0.39, 0.29) is 11.8 Å². The van der Waals surface area contributed by atoms with Crippen molar-refractivity contribution in [2.45, 2.75) is 26.3 Å². The van der Waals surface area contributed by atoms with Crippen LogP contribution in [0.4, 0.5) is 0 Å². The molecule has 2 rings (SSSR count). The molecule has 0 unspecified atom stereocenters. The highest BCUT2D eigenvalue weighted by Crippen LogP contribution is 2.14. The van der Waals surface area contributed by atoms with Crippen molar-refractivity contribution in [2.24, 2.45) is 5.10 Å². The Bertz CT molecular complexity index is 507. The summed E-state index contributed by atoms with van der Waals surface area (Å²) in [7, 11) is 1.57. The molecule has 0 radical (unpaired) electrons. The van der Waals surface area contributed by atoms with Crippen molar-refractivity contribution in [3.8, 4) is 0 Å². The third kappa shape index (κ3) is 2.95. The summed E-state index contributed by atoms with van der Waals surface area (Å²) >= 11 is 1.66. The van der Waals surface area contributed by atoms with Gasteiger partial charge in [-0.05, 0) is 19.1 Å². The van der Waals surface area contributed by atoms with E-state index in [1.54, 1.807) is 18.4 Å². The van der Waals surface area contributed by atoms with Crippen molar-refractivity contribution >= 4 is 28.9 Å². The van der Waals surface area contributed by atoms with Crippen LogP contribution in [0.25, 0.3) is 0 Å². The van der Waals surface area contributed by atoms with Gasteiger partial charge in [0.25, 0.3) is 5.91 Å². The van der Waals surface area contributed by atoms with Crippen LogP contribution < -0.4 is 5.32 Å². The molecule has 5 nitrogen and oxygen atoms in total. The average molecular weight is 265 g/mol. The maximum absolute atomic E-state index is 11.9. The van der Waals surface area contributed by atoms with Gasteiger partial charge >= 0.3 is 0 Å². The highest BCUT2D eigenvalue weighted by Gasteiger charge is 2.21. The summed E-state index contributed by atoms with van der Waals surface area (Å²) in [5, 5.41) is 8.02. The largest absolute Gasteiger partial charge is 0.346 e. The van der Waals surface area contributed by atoms with Gasteiger partial charge in [-0.3, -0.25) is 9.59 Å². The third-order valence-electron chi connectivity index (χ3n) is 2.69. The maximum Gasteiger partial charge on any atom is 0.267 e. The van der Waals surface area contributed by atoms with Gasteiger partial charge in [0.2, 0.25) is 5.91 Å². The summed E-state index contributed by atoms with van der Waals surface area (Å²) in [5.41, 5.74) is 0.422. The van der Waals surface area contributed by atoms with Gasteiger partial charge in [0.05, 0.1) is 6.54 Å². The SMILES string of the molecule is Cc1ccc(CNC(=O)C2=NN(C)C(=O)CC2)s1. The number of hydrogen-bond donors (Lipinski definition) is 1. The van der Waals surface area contributed by atoms with Gasteiger partial charge in [-0.25, -0.2) is 5.01 Å². The molecule has 0 aliphatic carbocycles. The van der Waals surface area contributed by atoms with Crippen LogP contribution in [0.15, 0.2) is 17.2 Å². The Hall–Kier alpha value is -1.69. The zero-order chi connectivity index (χ0) is 13.1. The van der Waals surface area contributed by atoms with Crippen molar-refractivity contribution in [2.75, 3.05) is 7.05 Å². The van der Waals surface area contributed by atoms with E-state index in [2.05, 4.69) is 10.4 Å². The molecule has 96 valence electrons. The normalized spacial score (nSPS) is 15.6. The van der Waals surface area contributed by atoms with Gasteiger partial charge in [-0.15, -0.1) is 11.3 Å². The second-order valence-electron chi connectivity index (χ2n) is 4.16. The molecule has 1 aliphatic rings. The molecule has 18 heavy (non-hydrogen) atoms. The zero-order valence-electron chi connectivity index (χ0n) is 10.4. The van der Waals surface area contributed by atoms with Crippen LogP contribution in [0.2, 0.25) is 0 Å². The zero-order valence-corrected chi connectivity index (χ0v) is 11.2.